The monoisotopic (exact) mass is 164 g/mol. The maximum absolute atomic E-state index is 3.78. The van der Waals surface area contributed by atoms with Gasteiger partial charge >= 0.3 is 0 Å². The largest absolute Gasteiger partial charge is 0.242 e. The first-order valence-corrected chi connectivity index (χ1v) is 4.15. The zero-order chi connectivity index (χ0) is 9.40. The Hall–Kier alpha value is -1.31. The van der Waals surface area contributed by atoms with Crippen LogP contribution in [0.15, 0.2) is 41.3 Å². The number of allylic oxidation sites excluding steroid dienone is 4. The van der Waals surface area contributed by atoms with E-state index in [9.17, 15) is 0 Å². The molecule has 0 fully saturated rings. The van der Waals surface area contributed by atoms with Gasteiger partial charge in [-0.15, -0.1) is 0 Å². The van der Waals surface area contributed by atoms with Gasteiger partial charge in [-0.3, -0.25) is 0 Å². The maximum atomic E-state index is 3.78. The third kappa shape index (κ3) is 2.74. The molecule has 1 heterocycles. The van der Waals surface area contributed by atoms with Crippen LogP contribution in [0.5, 0.6) is 0 Å². The van der Waals surface area contributed by atoms with Crippen LogP contribution in [0.1, 0.15) is 20.8 Å². The van der Waals surface area contributed by atoms with Crippen molar-refractivity contribution in [3.8, 4) is 0 Å². The Bertz CT molecular complexity index is 212. The molecule has 1 aliphatic heterocycles. The second kappa shape index (κ2) is 6.40. The topological polar surface area (TPSA) is 15.6 Å². The number of rotatable bonds is 1. The summed E-state index contributed by atoms with van der Waals surface area (Å²) in [6, 6.07) is 0. The van der Waals surface area contributed by atoms with Crippen LogP contribution in [0, 0.1) is 0 Å². The molecule has 66 valence electrons. The van der Waals surface area contributed by atoms with E-state index in [1.165, 1.54) is 0 Å². The highest BCUT2D eigenvalue weighted by Gasteiger charge is 2.00. The summed E-state index contributed by atoms with van der Waals surface area (Å²) in [6.45, 7) is 9.40. The summed E-state index contributed by atoms with van der Waals surface area (Å²) in [4.78, 5) is 0. The lowest BCUT2D eigenvalue weighted by atomic mass is 10.3. The Labute approximate surface area is 74.6 Å². The summed E-state index contributed by atoms with van der Waals surface area (Å²) >= 11 is 0. The van der Waals surface area contributed by atoms with Crippen molar-refractivity contribution in [1.29, 1.82) is 0 Å². The number of hydrogen-bond donors (Lipinski definition) is 0. The maximum Gasteiger partial charge on any atom is 0.0602 e. The van der Waals surface area contributed by atoms with Gasteiger partial charge in [0.25, 0.3) is 0 Å². The first kappa shape index (κ1) is 10.7. The van der Waals surface area contributed by atoms with Gasteiger partial charge in [0.05, 0.1) is 5.70 Å². The van der Waals surface area contributed by atoms with Crippen molar-refractivity contribution in [2.45, 2.75) is 20.8 Å². The molecule has 0 atom stereocenters. The van der Waals surface area contributed by atoms with Crippen LogP contribution in [-0.4, -0.2) is 11.7 Å². The third-order valence-electron chi connectivity index (χ3n) is 1.32. The van der Waals surface area contributed by atoms with Crippen LogP contribution in [0.2, 0.25) is 0 Å². The summed E-state index contributed by atoms with van der Waals surface area (Å²) in [6.07, 6.45) is 9.71. The lowest BCUT2D eigenvalue weighted by Gasteiger charge is -2.15. The van der Waals surface area contributed by atoms with E-state index >= 15 is 0 Å². The molecule has 0 aliphatic carbocycles. The Morgan fingerprint density at radius 3 is 2.50 bits per heavy atom. The molecule has 0 radical (unpaired) electrons. The number of nitrogens with zero attached hydrogens (tertiary/aromatic N) is 2. The molecule has 1 rings (SSSR count). The van der Waals surface area contributed by atoms with Gasteiger partial charge in [-0.05, 0) is 19.1 Å². The number of hydrazone groups is 1. The molecule has 0 N–H and O–H groups in total. The molecule has 1 aliphatic rings. The van der Waals surface area contributed by atoms with Gasteiger partial charge in [-0.25, -0.2) is 5.01 Å². The predicted molar refractivity (Wildman–Crippen MR) is 54.8 cm³/mol. The van der Waals surface area contributed by atoms with Crippen LogP contribution >= 0.6 is 0 Å². The first-order chi connectivity index (χ1) is 5.88. The molecule has 0 unspecified atom stereocenters. The molecule has 0 saturated carbocycles. The van der Waals surface area contributed by atoms with Crippen LogP contribution in [0.4, 0.5) is 0 Å². The smallest absolute Gasteiger partial charge is 0.0602 e. The van der Waals surface area contributed by atoms with Crippen molar-refractivity contribution in [1.82, 2.24) is 5.01 Å². The molecule has 0 amide bonds. The molecule has 0 spiro atoms. The van der Waals surface area contributed by atoms with Crippen LogP contribution in [0.25, 0.3) is 0 Å². The summed E-state index contributed by atoms with van der Waals surface area (Å²) in [5.41, 5.74) is 1.05. The van der Waals surface area contributed by atoms with E-state index in [0.717, 1.165) is 5.70 Å². The minimum atomic E-state index is 1.05. The van der Waals surface area contributed by atoms with Crippen molar-refractivity contribution in [2.75, 3.05) is 0 Å². The number of hydrogen-bond acceptors (Lipinski definition) is 2. The highest BCUT2D eigenvalue weighted by molar-refractivity contribution is 5.30. The molecular formula is C10H16N2. The normalized spacial score (nSPS) is 17.2. The molecule has 0 bridgehead atoms. The van der Waals surface area contributed by atoms with E-state index in [1.54, 1.807) is 5.01 Å². The van der Waals surface area contributed by atoms with E-state index in [2.05, 4.69) is 11.8 Å². The zero-order valence-corrected chi connectivity index (χ0v) is 7.99. The van der Waals surface area contributed by atoms with Crippen molar-refractivity contribution >= 4 is 6.72 Å². The summed E-state index contributed by atoms with van der Waals surface area (Å²) < 4.78 is 0. The standard InChI is InChI=1S/C8H10N2.C2H6/c1-3-8-6-4-5-7-10(8)9-2;1-2/h3-7H,2H2,1H3;1-2H3/b8-3-;. The van der Waals surface area contributed by atoms with Crippen LogP contribution in [-0.2, 0) is 0 Å². The van der Waals surface area contributed by atoms with Crippen molar-refractivity contribution in [2.24, 2.45) is 5.10 Å². The fourth-order valence-corrected chi connectivity index (χ4v) is 0.805. The molecule has 0 aromatic carbocycles. The fourth-order valence-electron chi connectivity index (χ4n) is 0.805. The highest BCUT2D eigenvalue weighted by Crippen LogP contribution is 2.10. The van der Waals surface area contributed by atoms with Gasteiger partial charge in [-0.2, -0.15) is 5.10 Å². The summed E-state index contributed by atoms with van der Waals surface area (Å²) in [5.74, 6) is 0. The molecular weight excluding hydrogens is 148 g/mol. The van der Waals surface area contributed by atoms with Crippen molar-refractivity contribution in [3.63, 3.8) is 0 Å². The quantitative estimate of drug-likeness (QED) is 0.544. The molecule has 2 heteroatoms. The van der Waals surface area contributed by atoms with Gasteiger partial charge in [0.1, 0.15) is 0 Å². The second-order valence-corrected chi connectivity index (χ2v) is 1.90. The summed E-state index contributed by atoms with van der Waals surface area (Å²) in [5, 5.41) is 5.50. The van der Waals surface area contributed by atoms with E-state index in [1.807, 2.05) is 51.3 Å². The van der Waals surface area contributed by atoms with Crippen molar-refractivity contribution < 1.29 is 0 Å². The van der Waals surface area contributed by atoms with E-state index in [0.29, 0.717) is 0 Å². The molecule has 0 aromatic heterocycles. The van der Waals surface area contributed by atoms with Gasteiger partial charge in [0.15, 0.2) is 0 Å². The Morgan fingerprint density at radius 2 is 2.08 bits per heavy atom. The van der Waals surface area contributed by atoms with Gasteiger partial charge in [0, 0.05) is 12.9 Å². The van der Waals surface area contributed by atoms with E-state index < -0.39 is 0 Å². The lowest BCUT2D eigenvalue weighted by Crippen LogP contribution is -2.08. The third-order valence-corrected chi connectivity index (χ3v) is 1.32. The van der Waals surface area contributed by atoms with Gasteiger partial charge in [-0.1, -0.05) is 26.0 Å². The minimum Gasteiger partial charge on any atom is -0.242 e. The zero-order valence-electron chi connectivity index (χ0n) is 7.99. The average Bonchev–Trinajstić information content (AvgIpc) is 2.20. The second-order valence-electron chi connectivity index (χ2n) is 1.90. The molecule has 0 aromatic rings. The Kier molecular flexibility index (Phi) is 5.70. The molecule has 0 saturated heterocycles. The first-order valence-electron chi connectivity index (χ1n) is 4.15. The fraction of sp³-hybridized carbons (Fsp3) is 0.300. The van der Waals surface area contributed by atoms with Crippen LogP contribution in [0.3, 0.4) is 0 Å². The van der Waals surface area contributed by atoms with E-state index in [4.69, 9.17) is 0 Å². The van der Waals surface area contributed by atoms with Crippen LogP contribution < -0.4 is 0 Å². The van der Waals surface area contributed by atoms with Gasteiger partial charge in [0.2, 0.25) is 0 Å². The predicted octanol–water partition coefficient (Wildman–Crippen LogP) is 2.92. The molecule has 2 nitrogen and oxygen atoms in total. The average molecular weight is 164 g/mol. The Balaban J connectivity index is 0.000000561. The van der Waals surface area contributed by atoms with E-state index in [-0.39, 0.29) is 0 Å². The summed E-state index contributed by atoms with van der Waals surface area (Å²) in [7, 11) is 0. The van der Waals surface area contributed by atoms with Crippen molar-refractivity contribution in [3.05, 3.63) is 36.2 Å². The minimum absolute atomic E-state index is 1.05. The molecule has 12 heavy (non-hydrogen) atoms. The van der Waals surface area contributed by atoms with Gasteiger partial charge < -0.3 is 0 Å². The highest BCUT2D eigenvalue weighted by atomic mass is 15.4. The lowest BCUT2D eigenvalue weighted by molar-refractivity contribution is 0.514. The Morgan fingerprint density at radius 1 is 1.42 bits per heavy atom. The SMILES string of the molecule is C=NN1C=CC=C/C1=C/C.CC.